The van der Waals surface area contributed by atoms with E-state index < -0.39 is 19.1 Å². The van der Waals surface area contributed by atoms with Crippen LogP contribution in [0.3, 0.4) is 0 Å². The first-order chi connectivity index (χ1) is 10.1. The molecule has 1 aliphatic heterocycles. The van der Waals surface area contributed by atoms with E-state index in [0.717, 1.165) is 18.4 Å². The lowest BCUT2D eigenvalue weighted by Gasteiger charge is -2.14. The van der Waals surface area contributed by atoms with E-state index in [1.54, 1.807) is 12.1 Å². The van der Waals surface area contributed by atoms with Gasteiger partial charge in [0.1, 0.15) is 6.61 Å². The molecule has 0 saturated carbocycles. The van der Waals surface area contributed by atoms with Crippen molar-refractivity contribution in [3.05, 3.63) is 34.9 Å². The zero-order chi connectivity index (χ0) is 15.2. The number of hydrogen-bond acceptors (Lipinski definition) is 3. The van der Waals surface area contributed by atoms with Gasteiger partial charge >= 0.3 is 0 Å². The fourth-order valence-corrected chi connectivity index (χ4v) is 2.34. The topological polar surface area (TPSA) is 58.6 Å². The summed E-state index contributed by atoms with van der Waals surface area (Å²) in [5.74, 6) is -0.134. The SMILES string of the molecule is O=C1NCCCc2ccc(C(O)CCOCC(F)F)cc21. The zero-order valence-corrected chi connectivity index (χ0v) is 11.6. The van der Waals surface area contributed by atoms with Gasteiger partial charge in [-0.25, -0.2) is 8.78 Å². The number of aliphatic hydroxyl groups excluding tert-OH is 1. The minimum atomic E-state index is -2.50. The molecule has 1 atom stereocenters. The Morgan fingerprint density at radius 2 is 2.19 bits per heavy atom. The van der Waals surface area contributed by atoms with Crippen molar-refractivity contribution in [2.45, 2.75) is 31.8 Å². The molecule has 4 nitrogen and oxygen atoms in total. The average Bonchev–Trinajstić information content (AvgIpc) is 2.65. The number of carbonyl (C=O) groups excluding carboxylic acids is 1. The number of rotatable bonds is 6. The third-order valence-electron chi connectivity index (χ3n) is 3.45. The molecule has 0 bridgehead atoms. The Labute approximate surface area is 122 Å². The second kappa shape index (κ2) is 7.47. The number of aliphatic hydroxyl groups is 1. The van der Waals surface area contributed by atoms with Crippen LogP contribution in [-0.4, -0.2) is 37.2 Å². The number of benzene rings is 1. The van der Waals surface area contributed by atoms with Crippen molar-refractivity contribution in [3.8, 4) is 0 Å². The van der Waals surface area contributed by atoms with Crippen molar-refractivity contribution in [3.63, 3.8) is 0 Å². The molecule has 6 heteroatoms. The third-order valence-corrected chi connectivity index (χ3v) is 3.45. The Morgan fingerprint density at radius 1 is 1.38 bits per heavy atom. The first-order valence-corrected chi connectivity index (χ1v) is 7.03. The molecule has 1 aliphatic rings. The molecule has 0 saturated heterocycles. The van der Waals surface area contributed by atoms with E-state index in [-0.39, 0.29) is 18.9 Å². The maximum atomic E-state index is 11.9. The molecular weight excluding hydrogens is 280 g/mol. The zero-order valence-electron chi connectivity index (χ0n) is 11.6. The molecule has 0 aromatic heterocycles. The van der Waals surface area contributed by atoms with E-state index in [2.05, 4.69) is 5.32 Å². The summed E-state index contributed by atoms with van der Waals surface area (Å²) in [6.07, 6.45) is -1.40. The molecular formula is C15H19F2NO3. The van der Waals surface area contributed by atoms with Crippen LogP contribution in [-0.2, 0) is 11.2 Å². The summed E-state index contributed by atoms with van der Waals surface area (Å²) in [6, 6.07) is 5.29. The Kier molecular flexibility index (Phi) is 5.64. The summed E-state index contributed by atoms with van der Waals surface area (Å²) in [6.45, 7) is 0.0704. The monoisotopic (exact) mass is 299 g/mol. The van der Waals surface area contributed by atoms with E-state index in [9.17, 15) is 18.7 Å². The van der Waals surface area contributed by atoms with E-state index >= 15 is 0 Å². The summed E-state index contributed by atoms with van der Waals surface area (Å²) >= 11 is 0. The molecule has 0 fully saturated rings. The van der Waals surface area contributed by atoms with Crippen LogP contribution >= 0.6 is 0 Å². The number of alkyl halides is 2. The Hall–Kier alpha value is -1.53. The average molecular weight is 299 g/mol. The number of amides is 1. The molecule has 1 unspecified atom stereocenters. The highest BCUT2D eigenvalue weighted by molar-refractivity contribution is 5.96. The third kappa shape index (κ3) is 4.47. The molecule has 2 rings (SSSR count). The number of halogens is 2. The maximum Gasteiger partial charge on any atom is 0.261 e. The minimum absolute atomic E-state index is 0.0504. The van der Waals surface area contributed by atoms with Crippen LogP contribution in [0, 0.1) is 0 Å². The highest BCUT2D eigenvalue weighted by atomic mass is 19.3. The molecule has 1 aromatic carbocycles. The fourth-order valence-electron chi connectivity index (χ4n) is 2.34. The molecule has 1 heterocycles. The molecule has 2 N–H and O–H groups in total. The lowest BCUT2D eigenvalue weighted by Crippen LogP contribution is -2.22. The van der Waals surface area contributed by atoms with Crippen molar-refractivity contribution in [1.82, 2.24) is 5.32 Å². The first kappa shape index (κ1) is 15.9. The largest absolute Gasteiger partial charge is 0.388 e. The van der Waals surface area contributed by atoms with Gasteiger partial charge in [-0.1, -0.05) is 12.1 Å². The molecule has 0 spiro atoms. The van der Waals surface area contributed by atoms with E-state index in [1.165, 1.54) is 0 Å². The van der Waals surface area contributed by atoms with Gasteiger partial charge in [-0.05, 0) is 30.0 Å². The van der Waals surface area contributed by atoms with E-state index in [0.29, 0.717) is 17.7 Å². The van der Waals surface area contributed by atoms with Crippen LogP contribution in [0.4, 0.5) is 8.78 Å². The lowest BCUT2D eigenvalue weighted by atomic mass is 9.97. The van der Waals surface area contributed by atoms with Crippen LogP contribution in [0.1, 0.15) is 40.4 Å². The van der Waals surface area contributed by atoms with Crippen LogP contribution in [0.15, 0.2) is 18.2 Å². The van der Waals surface area contributed by atoms with Crippen LogP contribution in [0.2, 0.25) is 0 Å². The van der Waals surface area contributed by atoms with Crippen LogP contribution in [0.5, 0.6) is 0 Å². The van der Waals surface area contributed by atoms with Gasteiger partial charge in [0.15, 0.2) is 0 Å². The summed E-state index contributed by atoms with van der Waals surface area (Å²) in [5.41, 5.74) is 2.15. The Balaban J connectivity index is 1.98. The van der Waals surface area contributed by atoms with Crippen molar-refractivity contribution >= 4 is 5.91 Å². The quantitative estimate of drug-likeness (QED) is 0.791. The van der Waals surface area contributed by atoms with Crippen molar-refractivity contribution in [2.24, 2.45) is 0 Å². The number of carbonyl (C=O) groups is 1. The van der Waals surface area contributed by atoms with Crippen molar-refractivity contribution in [2.75, 3.05) is 19.8 Å². The van der Waals surface area contributed by atoms with Crippen LogP contribution in [0.25, 0.3) is 0 Å². The number of fused-ring (bicyclic) bond motifs is 1. The molecule has 1 aromatic rings. The molecule has 116 valence electrons. The van der Waals surface area contributed by atoms with Gasteiger partial charge in [0.2, 0.25) is 0 Å². The first-order valence-electron chi connectivity index (χ1n) is 7.03. The van der Waals surface area contributed by atoms with Gasteiger partial charge in [0.05, 0.1) is 6.10 Å². The Morgan fingerprint density at radius 3 is 2.95 bits per heavy atom. The van der Waals surface area contributed by atoms with Gasteiger partial charge in [0, 0.05) is 25.1 Å². The van der Waals surface area contributed by atoms with Gasteiger partial charge in [-0.2, -0.15) is 0 Å². The predicted octanol–water partition coefficient (Wildman–Crippen LogP) is 2.07. The van der Waals surface area contributed by atoms with Gasteiger partial charge in [-0.15, -0.1) is 0 Å². The second-order valence-electron chi connectivity index (χ2n) is 5.05. The Bertz CT molecular complexity index is 494. The van der Waals surface area contributed by atoms with Crippen molar-refractivity contribution in [1.29, 1.82) is 0 Å². The van der Waals surface area contributed by atoms with Crippen molar-refractivity contribution < 1.29 is 23.4 Å². The number of ether oxygens (including phenoxy) is 1. The molecule has 21 heavy (non-hydrogen) atoms. The lowest BCUT2D eigenvalue weighted by molar-refractivity contribution is 0.00480. The van der Waals surface area contributed by atoms with E-state index in [1.807, 2.05) is 6.07 Å². The summed E-state index contributed by atoms with van der Waals surface area (Å²) in [5, 5.41) is 12.8. The fraction of sp³-hybridized carbons (Fsp3) is 0.533. The smallest absolute Gasteiger partial charge is 0.261 e. The molecule has 0 radical (unpaired) electrons. The summed E-state index contributed by atoms with van der Waals surface area (Å²) < 4.78 is 28.6. The summed E-state index contributed by atoms with van der Waals surface area (Å²) in [7, 11) is 0. The number of nitrogens with one attached hydrogen (secondary N) is 1. The molecule has 0 aliphatic carbocycles. The minimum Gasteiger partial charge on any atom is -0.388 e. The second-order valence-corrected chi connectivity index (χ2v) is 5.05. The van der Waals surface area contributed by atoms with E-state index in [4.69, 9.17) is 4.74 Å². The summed E-state index contributed by atoms with van der Waals surface area (Å²) in [4.78, 5) is 11.9. The number of aryl methyl sites for hydroxylation is 1. The van der Waals surface area contributed by atoms with Gasteiger partial charge in [-0.3, -0.25) is 4.79 Å². The van der Waals surface area contributed by atoms with Crippen LogP contribution < -0.4 is 5.32 Å². The standard InChI is InChI=1S/C15H19F2NO3/c16-14(17)9-21-7-5-13(19)11-4-3-10-2-1-6-18-15(20)12(10)8-11/h3-4,8,13-14,19H,1-2,5-7,9H2,(H,18,20). The maximum absolute atomic E-state index is 11.9. The predicted molar refractivity (Wildman–Crippen MR) is 73.5 cm³/mol. The normalized spacial score (nSPS) is 16.3. The highest BCUT2D eigenvalue weighted by Gasteiger charge is 2.17. The highest BCUT2D eigenvalue weighted by Crippen LogP contribution is 2.22. The number of hydrogen-bond donors (Lipinski definition) is 2. The van der Waals surface area contributed by atoms with Gasteiger partial charge < -0.3 is 15.2 Å². The van der Waals surface area contributed by atoms with Gasteiger partial charge in [0.25, 0.3) is 12.3 Å². The molecule has 1 amide bonds.